The predicted octanol–water partition coefficient (Wildman–Crippen LogP) is 13.2. The fourth-order valence-corrected chi connectivity index (χ4v) is 10.2. The number of hydrogen-bond donors (Lipinski definition) is 0. The summed E-state index contributed by atoms with van der Waals surface area (Å²) in [6, 6.07) is 55.8. The average molecular weight is 807 g/mol. The molecule has 1 aliphatic heterocycles. The summed E-state index contributed by atoms with van der Waals surface area (Å²) in [5.74, 6) is 1.60. The van der Waals surface area contributed by atoms with Gasteiger partial charge in [-0.1, -0.05) is 78.9 Å². The summed E-state index contributed by atoms with van der Waals surface area (Å²) in [5, 5.41) is 0. The van der Waals surface area contributed by atoms with E-state index in [0.717, 1.165) is 112 Å². The van der Waals surface area contributed by atoms with Crippen molar-refractivity contribution in [3.8, 4) is 78.5 Å². The Hall–Kier alpha value is -8.55. The maximum absolute atomic E-state index is 7.05. The largest absolute Gasteiger partial charge is 0.452 e. The number of benzene rings is 5. The van der Waals surface area contributed by atoms with Crippen LogP contribution in [0.4, 0.5) is 17.1 Å². The second-order valence-corrected chi connectivity index (χ2v) is 16.1. The highest BCUT2D eigenvalue weighted by atomic mass is 16.5. The second kappa shape index (κ2) is 13.7. The fourth-order valence-electron chi connectivity index (χ4n) is 10.2. The Bertz CT molecular complexity index is 3390. The molecule has 5 aromatic carbocycles. The van der Waals surface area contributed by atoms with Crippen molar-refractivity contribution in [2.75, 3.05) is 4.90 Å². The fraction of sp³-hybridized carbons (Fsp3) is 0.0179. The van der Waals surface area contributed by atoms with Crippen LogP contribution in [0.3, 0.4) is 0 Å². The number of anilines is 3. The smallest absolute Gasteiger partial charge is 0.159 e. The zero-order chi connectivity index (χ0) is 41.5. The standard InChI is InChI=1S/C56H34N6O/c1-2-13-43(42(12-1)39-29-37(35-21-26-57-27-22-35)28-38(30-39)36-10-7-23-58-32-36)40-31-48-54(61-33-40)53-47(16-9-25-60-53)56(48)45-15-4-3-14-44(45)52-46(56)19-20-50-55(52)63-51-18-6-5-17-49(51)62(50)41-11-8-24-59-34-41/h1-34H. The number of ether oxygens (including phenoxy) is 1. The van der Waals surface area contributed by atoms with Gasteiger partial charge < -0.3 is 9.64 Å². The first-order chi connectivity index (χ1) is 31.3. The Morgan fingerprint density at radius 2 is 1.10 bits per heavy atom. The zero-order valence-corrected chi connectivity index (χ0v) is 33.7. The van der Waals surface area contributed by atoms with E-state index >= 15 is 0 Å². The topological polar surface area (TPSA) is 76.9 Å². The molecule has 1 unspecified atom stereocenters. The molecule has 2 aliphatic carbocycles. The lowest BCUT2D eigenvalue weighted by Gasteiger charge is -2.35. The molecule has 0 fully saturated rings. The molecule has 3 aliphatic rings. The first-order valence-electron chi connectivity index (χ1n) is 21.0. The molecule has 1 spiro atoms. The summed E-state index contributed by atoms with van der Waals surface area (Å²) < 4.78 is 7.05. The lowest BCUT2D eigenvalue weighted by Crippen LogP contribution is -2.26. The van der Waals surface area contributed by atoms with Crippen LogP contribution in [0.5, 0.6) is 11.5 Å². The van der Waals surface area contributed by atoms with Crippen molar-refractivity contribution in [2.24, 2.45) is 0 Å². The summed E-state index contributed by atoms with van der Waals surface area (Å²) in [4.78, 5) is 25.9. The lowest BCUT2D eigenvalue weighted by molar-refractivity contribution is 0.478. The van der Waals surface area contributed by atoms with Crippen molar-refractivity contribution < 1.29 is 4.74 Å². The van der Waals surface area contributed by atoms with Gasteiger partial charge in [0, 0.05) is 65.6 Å². The van der Waals surface area contributed by atoms with Crippen molar-refractivity contribution >= 4 is 17.1 Å². The molecule has 294 valence electrons. The number of para-hydroxylation sites is 2. The van der Waals surface area contributed by atoms with E-state index in [9.17, 15) is 0 Å². The van der Waals surface area contributed by atoms with Gasteiger partial charge in [-0.15, -0.1) is 0 Å². The summed E-state index contributed by atoms with van der Waals surface area (Å²) in [5.41, 5.74) is 19.3. The van der Waals surface area contributed by atoms with Crippen LogP contribution < -0.4 is 9.64 Å². The second-order valence-electron chi connectivity index (χ2n) is 16.1. The van der Waals surface area contributed by atoms with E-state index in [-0.39, 0.29) is 0 Å². The van der Waals surface area contributed by atoms with E-state index in [4.69, 9.17) is 14.7 Å². The predicted molar refractivity (Wildman–Crippen MR) is 248 cm³/mol. The van der Waals surface area contributed by atoms with Gasteiger partial charge in [0.25, 0.3) is 0 Å². The third-order valence-electron chi connectivity index (χ3n) is 12.8. The molecule has 5 aromatic heterocycles. The van der Waals surface area contributed by atoms with E-state index in [2.05, 4.69) is 141 Å². The van der Waals surface area contributed by atoms with Gasteiger partial charge in [-0.2, -0.15) is 0 Å². The van der Waals surface area contributed by atoms with Crippen LogP contribution in [0.15, 0.2) is 207 Å². The number of rotatable bonds is 5. The SMILES string of the molecule is c1cncc(-c2cc(-c3ccncc3)cc(-c3ccccc3-c3cnc4c(c3)C3(c5ccccc5-c5c3ccc3c5Oc5ccccc5N3c3cccnc3)c3cccnc3-4)c2)c1. The van der Waals surface area contributed by atoms with Crippen LogP contribution in [0.1, 0.15) is 22.3 Å². The molecule has 7 heteroatoms. The minimum Gasteiger partial charge on any atom is -0.452 e. The van der Waals surface area contributed by atoms with Gasteiger partial charge in [-0.05, 0) is 134 Å². The first-order valence-corrected chi connectivity index (χ1v) is 21.0. The normalized spacial score (nSPS) is 14.8. The molecule has 10 aromatic rings. The number of pyridine rings is 5. The summed E-state index contributed by atoms with van der Waals surface area (Å²) in [6.07, 6.45) is 15.0. The Kier molecular flexibility index (Phi) is 7.68. The lowest BCUT2D eigenvalue weighted by atomic mass is 9.70. The molecule has 0 bridgehead atoms. The minimum atomic E-state index is -0.716. The van der Waals surface area contributed by atoms with Crippen LogP contribution in [0.25, 0.3) is 67.0 Å². The van der Waals surface area contributed by atoms with Crippen molar-refractivity contribution in [1.29, 1.82) is 0 Å². The molecule has 0 saturated heterocycles. The summed E-state index contributed by atoms with van der Waals surface area (Å²) in [6.45, 7) is 0. The Balaban J connectivity index is 1.04. The van der Waals surface area contributed by atoms with Gasteiger partial charge in [-0.25, -0.2) is 0 Å². The molecule has 13 rings (SSSR count). The Labute approximate surface area is 363 Å². The number of hydrogen-bond acceptors (Lipinski definition) is 7. The molecule has 0 amide bonds. The molecule has 1 atom stereocenters. The molecule has 7 nitrogen and oxygen atoms in total. The van der Waals surface area contributed by atoms with Crippen LogP contribution in [0, 0.1) is 0 Å². The number of aromatic nitrogens is 5. The molecule has 0 radical (unpaired) electrons. The van der Waals surface area contributed by atoms with Crippen molar-refractivity contribution in [3.05, 3.63) is 230 Å². The molecule has 0 N–H and O–H groups in total. The third kappa shape index (κ3) is 5.17. The van der Waals surface area contributed by atoms with E-state index < -0.39 is 5.41 Å². The van der Waals surface area contributed by atoms with Crippen molar-refractivity contribution in [2.45, 2.75) is 5.41 Å². The van der Waals surface area contributed by atoms with Gasteiger partial charge >= 0.3 is 0 Å². The van der Waals surface area contributed by atoms with Crippen LogP contribution in [-0.2, 0) is 5.41 Å². The first kappa shape index (κ1) is 35.2. The monoisotopic (exact) mass is 806 g/mol. The van der Waals surface area contributed by atoms with E-state index in [1.54, 1.807) is 0 Å². The van der Waals surface area contributed by atoms with Crippen molar-refractivity contribution in [3.63, 3.8) is 0 Å². The quantitative estimate of drug-likeness (QED) is 0.171. The van der Waals surface area contributed by atoms with Crippen LogP contribution in [0.2, 0.25) is 0 Å². The highest BCUT2D eigenvalue weighted by Crippen LogP contribution is 2.66. The van der Waals surface area contributed by atoms with Gasteiger partial charge in [0.15, 0.2) is 11.5 Å². The highest BCUT2D eigenvalue weighted by molar-refractivity contribution is 6.01. The minimum absolute atomic E-state index is 0.716. The summed E-state index contributed by atoms with van der Waals surface area (Å²) >= 11 is 0. The Morgan fingerprint density at radius 1 is 0.397 bits per heavy atom. The molecular formula is C56H34N6O. The number of nitrogens with zero attached hydrogens (tertiary/aromatic N) is 6. The third-order valence-corrected chi connectivity index (χ3v) is 12.8. The van der Waals surface area contributed by atoms with Gasteiger partial charge in [0.1, 0.15) is 0 Å². The Morgan fingerprint density at radius 3 is 1.92 bits per heavy atom. The van der Waals surface area contributed by atoms with Gasteiger partial charge in [-0.3, -0.25) is 24.9 Å². The van der Waals surface area contributed by atoms with Gasteiger partial charge in [0.2, 0.25) is 0 Å². The molecular weight excluding hydrogens is 773 g/mol. The van der Waals surface area contributed by atoms with Gasteiger partial charge in [0.05, 0.1) is 40.1 Å². The number of fused-ring (bicyclic) bond motifs is 13. The summed E-state index contributed by atoms with van der Waals surface area (Å²) in [7, 11) is 0. The molecule has 63 heavy (non-hydrogen) atoms. The highest BCUT2D eigenvalue weighted by Gasteiger charge is 2.54. The molecule has 0 saturated carbocycles. The average Bonchev–Trinajstić information content (AvgIpc) is 3.83. The van der Waals surface area contributed by atoms with E-state index in [1.807, 2.05) is 86.0 Å². The molecule has 6 heterocycles. The van der Waals surface area contributed by atoms with E-state index in [1.165, 1.54) is 5.56 Å². The van der Waals surface area contributed by atoms with Crippen LogP contribution in [-0.4, -0.2) is 24.9 Å². The van der Waals surface area contributed by atoms with E-state index in [0.29, 0.717) is 0 Å². The maximum atomic E-state index is 7.05. The van der Waals surface area contributed by atoms with Crippen LogP contribution >= 0.6 is 0 Å². The zero-order valence-electron chi connectivity index (χ0n) is 33.7. The van der Waals surface area contributed by atoms with Crippen molar-refractivity contribution in [1.82, 2.24) is 24.9 Å². The maximum Gasteiger partial charge on any atom is 0.159 e.